The maximum absolute atomic E-state index is 12.9. The Kier molecular flexibility index (Phi) is 4.80. The Labute approximate surface area is 132 Å². The van der Waals surface area contributed by atoms with Gasteiger partial charge in [-0.05, 0) is 17.7 Å². The molecule has 1 saturated heterocycles. The number of benzene rings is 1. The van der Waals surface area contributed by atoms with Crippen LogP contribution in [0.4, 0.5) is 4.39 Å². The number of aromatic nitrogens is 1. The van der Waals surface area contributed by atoms with Crippen molar-refractivity contribution in [3.8, 4) is 0 Å². The predicted octanol–water partition coefficient (Wildman–Crippen LogP) is 1.75. The Bertz CT molecular complexity index is 637. The number of rotatable bonds is 6. The van der Waals surface area contributed by atoms with E-state index in [4.69, 9.17) is 0 Å². The quantitative estimate of drug-likeness (QED) is 0.853. The summed E-state index contributed by atoms with van der Waals surface area (Å²) < 4.78 is 12.9. The molecule has 116 valence electrons. The van der Waals surface area contributed by atoms with Gasteiger partial charge < -0.3 is 10.6 Å². The Morgan fingerprint density at radius 2 is 2.14 bits per heavy atom. The summed E-state index contributed by atoms with van der Waals surface area (Å²) in [6.07, 6.45) is 0.986. The lowest BCUT2D eigenvalue weighted by atomic mass is 10.0. The van der Waals surface area contributed by atoms with Crippen molar-refractivity contribution >= 4 is 17.2 Å². The predicted molar refractivity (Wildman–Crippen MR) is 84.4 cm³/mol. The first-order chi connectivity index (χ1) is 10.7. The second-order valence-electron chi connectivity index (χ2n) is 5.54. The van der Waals surface area contributed by atoms with Crippen LogP contribution in [0.2, 0.25) is 0 Å². The van der Waals surface area contributed by atoms with Gasteiger partial charge in [0.2, 0.25) is 5.91 Å². The lowest BCUT2D eigenvalue weighted by molar-refractivity contribution is -0.120. The third-order valence-electron chi connectivity index (χ3n) is 3.66. The van der Waals surface area contributed by atoms with Gasteiger partial charge in [0.1, 0.15) is 5.82 Å². The average molecular weight is 319 g/mol. The first-order valence-electron chi connectivity index (χ1n) is 7.34. The second kappa shape index (κ2) is 6.98. The fraction of sp³-hybridized carbons (Fsp3) is 0.375. The van der Waals surface area contributed by atoms with Crippen LogP contribution in [0.15, 0.2) is 29.6 Å². The summed E-state index contributed by atoms with van der Waals surface area (Å²) in [6.45, 7) is 2.70. The van der Waals surface area contributed by atoms with Crippen LogP contribution in [0.1, 0.15) is 16.3 Å². The van der Waals surface area contributed by atoms with Gasteiger partial charge in [-0.3, -0.25) is 4.79 Å². The zero-order valence-electron chi connectivity index (χ0n) is 12.1. The molecule has 0 unspecified atom stereocenters. The van der Waals surface area contributed by atoms with E-state index in [1.54, 1.807) is 12.1 Å². The molecule has 0 aliphatic carbocycles. The molecule has 1 aromatic heterocycles. The van der Waals surface area contributed by atoms with Crippen LogP contribution >= 0.6 is 11.3 Å². The van der Waals surface area contributed by atoms with E-state index in [1.807, 2.05) is 5.38 Å². The Morgan fingerprint density at radius 3 is 2.82 bits per heavy atom. The highest BCUT2D eigenvalue weighted by Crippen LogP contribution is 2.15. The summed E-state index contributed by atoms with van der Waals surface area (Å²) in [4.78, 5) is 16.3. The zero-order valence-corrected chi connectivity index (χ0v) is 13.0. The molecule has 0 spiro atoms. The maximum Gasteiger partial charge on any atom is 0.226 e. The van der Waals surface area contributed by atoms with E-state index in [2.05, 4.69) is 15.6 Å². The summed E-state index contributed by atoms with van der Waals surface area (Å²) >= 11 is 1.54. The average Bonchev–Trinajstić information content (AvgIpc) is 2.87. The molecule has 1 amide bonds. The normalized spacial score (nSPS) is 14.6. The molecule has 2 aromatic rings. The van der Waals surface area contributed by atoms with Crippen molar-refractivity contribution in [3.63, 3.8) is 0 Å². The largest absolute Gasteiger partial charge is 0.355 e. The summed E-state index contributed by atoms with van der Waals surface area (Å²) in [5.41, 5.74) is 1.82. The molecular weight excluding hydrogens is 301 g/mol. The molecule has 1 fully saturated rings. The molecule has 0 saturated carbocycles. The van der Waals surface area contributed by atoms with E-state index in [-0.39, 0.29) is 11.7 Å². The van der Waals surface area contributed by atoms with Crippen LogP contribution < -0.4 is 10.6 Å². The van der Waals surface area contributed by atoms with Gasteiger partial charge in [0.15, 0.2) is 0 Å². The van der Waals surface area contributed by atoms with Crippen molar-refractivity contribution in [2.75, 3.05) is 19.6 Å². The SMILES string of the molecule is O=C(Cc1csc(Cc2ccc(F)cc2)n1)NCC1CNC1. The summed E-state index contributed by atoms with van der Waals surface area (Å²) in [5.74, 6) is 0.348. The van der Waals surface area contributed by atoms with E-state index in [9.17, 15) is 9.18 Å². The van der Waals surface area contributed by atoms with E-state index in [0.29, 0.717) is 18.8 Å². The van der Waals surface area contributed by atoms with E-state index >= 15 is 0 Å². The molecule has 0 bridgehead atoms. The van der Waals surface area contributed by atoms with E-state index in [0.717, 1.165) is 35.9 Å². The number of carbonyl (C=O) groups excluding carboxylic acids is 1. The molecule has 4 nitrogen and oxygen atoms in total. The number of halogens is 1. The van der Waals surface area contributed by atoms with Crippen LogP contribution in [-0.2, 0) is 17.6 Å². The number of hydrogen-bond donors (Lipinski definition) is 2. The van der Waals surface area contributed by atoms with Crippen molar-refractivity contribution in [2.24, 2.45) is 5.92 Å². The topological polar surface area (TPSA) is 54.0 Å². The molecule has 0 atom stereocenters. The van der Waals surface area contributed by atoms with Crippen LogP contribution in [0.5, 0.6) is 0 Å². The van der Waals surface area contributed by atoms with Crippen molar-refractivity contribution in [2.45, 2.75) is 12.8 Å². The van der Waals surface area contributed by atoms with E-state index in [1.165, 1.54) is 23.5 Å². The summed E-state index contributed by atoms with van der Waals surface area (Å²) in [7, 11) is 0. The van der Waals surface area contributed by atoms with Crippen LogP contribution in [-0.4, -0.2) is 30.5 Å². The Morgan fingerprint density at radius 1 is 1.36 bits per heavy atom. The second-order valence-corrected chi connectivity index (χ2v) is 6.48. The van der Waals surface area contributed by atoms with Gasteiger partial charge >= 0.3 is 0 Å². The number of amides is 1. The summed E-state index contributed by atoms with van der Waals surface area (Å²) in [6, 6.07) is 6.42. The first kappa shape index (κ1) is 15.1. The fourth-order valence-corrected chi connectivity index (χ4v) is 3.09. The Balaban J connectivity index is 1.49. The van der Waals surface area contributed by atoms with Gasteiger partial charge in [0.05, 0.1) is 17.1 Å². The van der Waals surface area contributed by atoms with Gasteiger partial charge in [0.25, 0.3) is 0 Å². The van der Waals surface area contributed by atoms with Gasteiger partial charge in [-0.15, -0.1) is 11.3 Å². The highest BCUT2D eigenvalue weighted by atomic mass is 32.1. The van der Waals surface area contributed by atoms with Gasteiger partial charge in [-0.2, -0.15) is 0 Å². The molecular formula is C16H18FN3OS. The Hall–Kier alpha value is -1.79. The molecule has 1 aliphatic rings. The van der Waals surface area contributed by atoms with Crippen molar-refractivity contribution < 1.29 is 9.18 Å². The van der Waals surface area contributed by atoms with E-state index < -0.39 is 0 Å². The minimum absolute atomic E-state index is 0.0190. The number of carbonyl (C=O) groups is 1. The van der Waals surface area contributed by atoms with Crippen molar-refractivity contribution in [1.82, 2.24) is 15.6 Å². The third kappa shape index (κ3) is 4.11. The molecule has 1 aromatic carbocycles. The van der Waals surface area contributed by atoms with Gasteiger partial charge in [-0.25, -0.2) is 9.37 Å². The minimum Gasteiger partial charge on any atom is -0.355 e. The number of thiazole rings is 1. The monoisotopic (exact) mass is 319 g/mol. The highest BCUT2D eigenvalue weighted by Gasteiger charge is 2.17. The molecule has 1 aliphatic heterocycles. The molecule has 2 N–H and O–H groups in total. The lowest BCUT2D eigenvalue weighted by Gasteiger charge is -2.26. The number of nitrogens with one attached hydrogen (secondary N) is 2. The van der Waals surface area contributed by atoms with Crippen molar-refractivity contribution in [1.29, 1.82) is 0 Å². The molecule has 22 heavy (non-hydrogen) atoms. The molecule has 3 rings (SSSR count). The number of nitrogens with zero attached hydrogens (tertiary/aromatic N) is 1. The number of hydrogen-bond acceptors (Lipinski definition) is 4. The molecule has 6 heteroatoms. The zero-order chi connectivity index (χ0) is 15.4. The third-order valence-corrected chi connectivity index (χ3v) is 4.56. The van der Waals surface area contributed by atoms with Crippen LogP contribution in [0.3, 0.4) is 0 Å². The minimum atomic E-state index is -0.234. The standard InChI is InChI=1S/C16H18FN3OS/c17-13-3-1-11(2-4-13)5-16-20-14(10-22-16)6-15(21)19-9-12-7-18-8-12/h1-4,10,12,18H,5-9H2,(H,19,21). The highest BCUT2D eigenvalue weighted by molar-refractivity contribution is 7.09. The molecule has 0 radical (unpaired) electrons. The van der Waals surface area contributed by atoms with Crippen LogP contribution in [0.25, 0.3) is 0 Å². The van der Waals surface area contributed by atoms with Gasteiger partial charge in [-0.1, -0.05) is 12.1 Å². The first-order valence-corrected chi connectivity index (χ1v) is 8.22. The van der Waals surface area contributed by atoms with Gasteiger partial charge in [0, 0.05) is 37.4 Å². The van der Waals surface area contributed by atoms with Crippen LogP contribution in [0, 0.1) is 11.7 Å². The van der Waals surface area contributed by atoms with Crippen molar-refractivity contribution in [3.05, 3.63) is 51.7 Å². The smallest absolute Gasteiger partial charge is 0.226 e. The fourth-order valence-electron chi connectivity index (χ4n) is 2.27. The summed E-state index contributed by atoms with van der Waals surface area (Å²) in [5, 5.41) is 8.98. The lowest BCUT2D eigenvalue weighted by Crippen LogP contribution is -2.48. The molecule has 2 heterocycles. The maximum atomic E-state index is 12.9.